The van der Waals surface area contributed by atoms with E-state index < -0.39 is 0 Å². The Hall–Kier alpha value is -3.02. The molecule has 0 spiro atoms. The molecule has 2 amide bonds. The smallest absolute Gasteiger partial charge is 0.242 e. The van der Waals surface area contributed by atoms with Crippen LogP contribution in [0.2, 0.25) is 0 Å². The number of rotatable bonds is 5. The molecule has 1 saturated heterocycles. The van der Waals surface area contributed by atoms with Crippen molar-refractivity contribution in [1.82, 2.24) is 4.90 Å². The van der Waals surface area contributed by atoms with Crippen molar-refractivity contribution in [2.24, 2.45) is 0 Å². The fourth-order valence-electron chi connectivity index (χ4n) is 3.70. The van der Waals surface area contributed by atoms with Crippen LogP contribution in [0.15, 0.2) is 42.5 Å². The van der Waals surface area contributed by atoms with Gasteiger partial charge in [-0.3, -0.25) is 9.59 Å². The molecule has 0 N–H and O–H groups in total. The summed E-state index contributed by atoms with van der Waals surface area (Å²) in [6.07, 6.45) is 0. The van der Waals surface area contributed by atoms with Crippen LogP contribution in [0.5, 0.6) is 5.75 Å². The summed E-state index contributed by atoms with van der Waals surface area (Å²) in [6, 6.07) is 13.9. The monoisotopic (exact) mass is 395 g/mol. The summed E-state index contributed by atoms with van der Waals surface area (Å²) in [5.74, 6) is 0.686. The minimum Gasteiger partial charge on any atom is -0.495 e. The second-order valence-electron chi connectivity index (χ2n) is 7.43. The molecule has 154 valence electrons. The molecule has 1 fully saturated rings. The Balaban J connectivity index is 1.67. The highest BCUT2D eigenvalue weighted by Gasteiger charge is 2.26. The van der Waals surface area contributed by atoms with Gasteiger partial charge in [0.1, 0.15) is 12.3 Å². The number of amides is 2. The normalized spacial score (nSPS) is 13.9. The summed E-state index contributed by atoms with van der Waals surface area (Å²) >= 11 is 0. The van der Waals surface area contributed by atoms with E-state index in [2.05, 4.69) is 4.90 Å². The van der Waals surface area contributed by atoms with Crippen LogP contribution < -0.4 is 14.5 Å². The Labute approximate surface area is 172 Å². The van der Waals surface area contributed by atoms with E-state index in [9.17, 15) is 9.59 Å². The molecule has 0 atom stereocenters. The average Bonchev–Trinajstić information content (AvgIpc) is 2.73. The number of benzene rings is 2. The van der Waals surface area contributed by atoms with Crippen molar-refractivity contribution in [3.8, 4) is 5.75 Å². The lowest BCUT2D eigenvalue weighted by molar-refractivity contribution is -0.131. The first-order chi connectivity index (χ1) is 13.9. The van der Waals surface area contributed by atoms with Crippen molar-refractivity contribution in [3.05, 3.63) is 53.6 Å². The zero-order valence-electron chi connectivity index (χ0n) is 17.6. The van der Waals surface area contributed by atoms with E-state index in [1.54, 1.807) is 12.0 Å². The fraction of sp³-hybridized carbons (Fsp3) is 0.391. The Morgan fingerprint density at radius 3 is 2.38 bits per heavy atom. The largest absolute Gasteiger partial charge is 0.495 e. The Morgan fingerprint density at radius 2 is 1.72 bits per heavy atom. The van der Waals surface area contributed by atoms with Gasteiger partial charge in [0.25, 0.3) is 0 Å². The first kappa shape index (κ1) is 20.7. The van der Waals surface area contributed by atoms with Gasteiger partial charge < -0.3 is 19.4 Å². The van der Waals surface area contributed by atoms with Gasteiger partial charge in [-0.15, -0.1) is 0 Å². The number of methoxy groups -OCH3 is 1. The predicted octanol–water partition coefficient (Wildman–Crippen LogP) is 3.01. The SMILES string of the molecule is COc1ccccc1N1CCN(C(=O)CN(C(C)=O)c2cc(C)ccc2C)CC1. The number of para-hydroxylation sites is 2. The zero-order valence-corrected chi connectivity index (χ0v) is 17.6. The number of ether oxygens (including phenoxy) is 1. The minimum absolute atomic E-state index is 0.0271. The van der Waals surface area contributed by atoms with Crippen molar-refractivity contribution >= 4 is 23.2 Å². The van der Waals surface area contributed by atoms with Gasteiger partial charge in [-0.1, -0.05) is 24.3 Å². The molecule has 2 aromatic rings. The van der Waals surface area contributed by atoms with E-state index in [-0.39, 0.29) is 18.4 Å². The van der Waals surface area contributed by atoms with Gasteiger partial charge in [0.05, 0.1) is 12.8 Å². The van der Waals surface area contributed by atoms with Gasteiger partial charge in [0.15, 0.2) is 0 Å². The summed E-state index contributed by atoms with van der Waals surface area (Å²) in [7, 11) is 1.67. The molecule has 3 rings (SSSR count). The summed E-state index contributed by atoms with van der Waals surface area (Å²) in [5.41, 5.74) is 3.90. The van der Waals surface area contributed by atoms with Crippen molar-refractivity contribution in [2.75, 3.05) is 49.6 Å². The number of anilines is 2. The van der Waals surface area contributed by atoms with E-state index in [1.807, 2.05) is 61.2 Å². The topological polar surface area (TPSA) is 53.1 Å². The molecule has 0 radical (unpaired) electrons. The number of hydrogen-bond acceptors (Lipinski definition) is 4. The van der Waals surface area contributed by atoms with Gasteiger partial charge >= 0.3 is 0 Å². The summed E-state index contributed by atoms with van der Waals surface area (Å²) in [6.45, 7) is 8.22. The van der Waals surface area contributed by atoms with Gasteiger partial charge in [-0.05, 0) is 43.2 Å². The third kappa shape index (κ3) is 4.70. The van der Waals surface area contributed by atoms with Crippen molar-refractivity contribution in [1.29, 1.82) is 0 Å². The molecule has 1 aliphatic rings. The van der Waals surface area contributed by atoms with Crippen LogP contribution in [0.1, 0.15) is 18.1 Å². The maximum Gasteiger partial charge on any atom is 0.242 e. The molecular formula is C23H29N3O3. The molecule has 1 heterocycles. The van der Waals surface area contributed by atoms with Crippen LogP contribution in [0.25, 0.3) is 0 Å². The van der Waals surface area contributed by atoms with Crippen LogP contribution in [0, 0.1) is 13.8 Å². The van der Waals surface area contributed by atoms with Crippen molar-refractivity contribution in [2.45, 2.75) is 20.8 Å². The highest BCUT2D eigenvalue weighted by Crippen LogP contribution is 2.28. The lowest BCUT2D eigenvalue weighted by Gasteiger charge is -2.37. The Bertz CT molecular complexity index is 889. The Kier molecular flexibility index (Phi) is 6.42. The molecule has 29 heavy (non-hydrogen) atoms. The average molecular weight is 396 g/mol. The minimum atomic E-state index is -0.125. The van der Waals surface area contributed by atoms with E-state index in [4.69, 9.17) is 4.74 Å². The van der Waals surface area contributed by atoms with E-state index in [0.717, 1.165) is 41.3 Å². The molecule has 6 nitrogen and oxygen atoms in total. The number of carbonyl (C=O) groups is 2. The van der Waals surface area contributed by atoms with Crippen LogP contribution in [-0.4, -0.2) is 56.5 Å². The fourth-order valence-corrected chi connectivity index (χ4v) is 3.70. The van der Waals surface area contributed by atoms with E-state index >= 15 is 0 Å². The standard InChI is InChI=1S/C23H29N3O3/c1-17-9-10-18(2)21(15-17)26(19(3)27)16-23(28)25-13-11-24(12-14-25)20-7-5-6-8-22(20)29-4/h5-10,15H,11-14,16H2,1-4H3. The predicted molar refractivity (Wildman–Crippen MR) is 116 cm³/mol. The molecule has 2 aromatic carbocycles. The Morgan fingerprint density at radius 1 is 1.03 bits per heavy atom. The van der Waals surface area contributed by atoms with Crippen LogP contribution in [0.3, 0.4) is 0 Å². The molecule has 0 unspecified atom stereocenters. The summed E-state index contributed by atoms with van der Waals surface area (Å²) in [5, 5.41) is 0. The lowest BCUT2D eigenvalue weighted by Crippen LogP contribution is -2.52. The van der Waals surface area contributed by atoms with E-state index in [1.165, 1.54) is 6.92 Å². The summed E-state index contributed by atoms with van der Waals surface area (Å²) in [4.78, 5) is 30.9. The van der Waals surface area contributed by atoms with Crippen LogP contribution in [-0.2, 0) is 9.59 Å². The third-order valence-corrected chi connectivity index (χ3v) is 5.39. The second kappa shape index (κ2) is 8.99. The first-order valence-corrected chi connectivity index (χ1v) is 9.92. The summed E-state index contributed by atoms with van der Waals surface area (Å²) < 4.78 is 5.46. The molecule has 0 saturated carbocycles. The van der Waals surface area contributed by atoms with E-state index in [0.29, 0.717) is 13.1 Å². The van der Waals surface area contributed by atoms with Gasteiger partial charge in [0.2, 0.25) is 11.8 Å². The number of carbonyl (C=O) groups excluding carboxylic acids is 2. The van der Waals surface area contributed by atoms with Crippen molar-refractivity contribution < 1.29 is 14.3 Å². The molecule has 0 aliphatic carbocycles. The van der Waals surface area contributed by atoms with Crippen molar-refractivity contribution in [3.63, 3.8) is 0 Å². The second-order valence-corrected chi connectivity index (χ2v) is 7.43. The highest BCUT2D eigenvalue weighted by atomic mass is 16.5. The first-order valence-electron chi connectivity index (χ1n) is 9.92. The molecule has 6 heteroatoms. The lowest BCUT2D eigenvalue weighted by atomic mass is 10.1. The van der Waals surface area contributed by atoms with Gasteiger partial charge in [-0.25, -0.2) is 0 Å². The quantitative estimate of drug-likeness (QED) is 0.781. The molecule has 1 aliphatic heterocycles. The zero-order chi connectivity index (χ0) is 21.0. The van der Waals surface area contributed by atoms with Crippen LogP contribution >= 0.6 is 0 Å². The van der Waals surface area contributed by atoms with Gasteiger partial charge in [-0.2, -0.15) is 0 Å². The highest BCUT2D eigenvalue weighted by molar-refractivity contribution is 5.98. The maximum atomic E-state index is 12.9. The molecular weight excluding hydrogens is 366 g/mol. The maximum absolute atomic E-state index is 12.9. The van der Waals surface area contributed by atoms with Gasteiger partial charge in [0, 0.05) is 38.8 Å². The number of hydrogen-bond donors (Lipinski definition) is 0. The molecule has 0 aromatic heterocycles. The number of aryl methyl sites for hydroxylation is 2. The molecule has 0 bridgehead atoms. The van der Waals surface area contributed by atoms with Crippen LogP contribution in [0.4, 0.5) is 11.4 Å². The number of piperazine rings is 1. The number of nitrogens with zero attached hydrogens (tertiary/aromatic N) is 3. The third-order valence-electron chi connectivity index (χ3n) is 5.39.